The van der Waals surface area contributed by atoms with Crippen LogP contribution in [0.15, 0.2) is 36.4 Å². The molecule has 0 heterocycles. The topological polar surface area (TPSA) is 26.0 Å². The average molecular weight is 278 g/mol. The maximum absolute atomic E-state index is 13.3. The van der Waals surface area contributed by atoms with E-state index in [0.717, 1.165) is 22.3 Å². The van der Waals surface area contributed by atoms with Crippen molar-refractivity contribution in [3.05, 3.63) is 69.5 Å². The quantitative estimate of drug-likeness (QED) is 0.887. The van der Waals surface area contributed by atoms with Crippen molar-refractivity contribution in [3.63, 3.8) is 0 Å². The fourth-order valence-corrected chi connectivity index (χ4v) is 2.51. The van der Waals surface area contributed by atoms with E-state index in [1.165, 1.54) is 12.1 Å². The van der Waals surface area contributed by atoms with Gasteiger partial charge in [-0.1, -0.05) is 29.8 Å². The molecule has 3 heteroatoms. The van der Waals surface area contributed by atoms with Gasteiger partial charge >= 0.3 is 0 Å². The van der Waals surface area contributed by atoms with Crippen LogP contribution in [0, 0.1) is 19.7 Å². The molecule has 100 valence electrons. The van der Waals surface area contributed by atoms with Crippen LogP contribution in [0.4, 0.5) is 4.39 Å². The summed E-state index contributed by atoms with van der Waals surface area (Å²) < 4.78 is 13.3. The summed E-state index contributed by atoms with van der Waals surface area (Å²) >= 11 is 6.21. The Morgan fingerprint density at radius 1 is 1.16 bits per heavy atom. The third-order valence-electron chi connectivity index (χ3n) is 3.31. The molecule has 0 amide bonds. The molecule has 2 aromatic carbocycles. The minimum absolute atomic E-state index is 0.228. The normalized spacial score (nSPS) is 12.5. The van der Waals surface area contributed by atoms with Gasteiger partial charge in [-0.15, -0.1) is 0 Å². The van der Waals surface area contributed by atoms with Crippen LogP contribution >= 0.6 is 11.6 Å². The maximum atomic E-state index is 13.3. The van der Waals surface area contributed by atoms with Gasteiger partial charge in [0.15, 0.2) is 0 Å². The Morgan fingerprint density at radius 2 is 1.89 bits per heavy atom. The lowest BCUT2D eigenvalue weighted by atomic mass is 9.96. The van der Waals surface area contributed by atoms with Crippen LogP contribution in [0.25, 0.3) is 0 Å². The molecule has 0 bridgehead atoms. The molecule has 19 heavy (non-hydrogen) atoms. The van der Waals surface area contributed by atoms with Gasteiger partial charge in [0.25, 0.3) is 0 Å². The van der Waals surface area contributed by atoms with Gasteiger partial charge in [0.2, 0.25) is 0 Å². The highest BCUT2D eigenvalue weighted by molar-refractivity contribution is 6.31. The van der Waals surface area contributed by atoms with E-state index in [4.69, 9.17) is 17.3 Å². The number of hydrogen-bond donors (Lipinski definition) is 1. The Bertz CT molecular complexity index is 595. The van der Waals surface area contributed by atoms with Crippen LogP contribution in [0.5, 0.6) is 0 Å². The van der Waals surface area contributed by atoms with Crippen molar-refractivity contribution < 1.29 is 4.39 Å². The molecule has 0 spiro atoms. The summed E-state index contributed by atoms with van der Waals surface area (Å²) in [6, 6.07) is 10.4. The van der Waals surface area contributed by atoms with Crippen molar-refractivity contribution in [2.24, 2.45) is 5.73 Å². The van der Waals surface area contributed by atoms with Crippen molar-refractivity contribution >= 4 is 11.6 Å². The SMILES string of the molecule is Cc1ccc(C(N)Cc2cc(F)ccc2C)c(Cl)c1. The Kier molecular flexibility index (Phi) is 4.23. The molecule has 0 aliphatic carbocycles. The fraction of sp³-hybridized carbons (Fsp3) is 0.250. The third-order valence-corrected chi connectivity index (χ3v) is 3.63. The monoisotopic (exact) mass is 277 g/mol. The summed E-state index contributed by atoms with van der Waals surface area (Å²) in [4.78, 5) is 0. The maximum Gasteiger partial charge on any atom is 0.123 e. The summed E-state index contributed by atoms with van der Waals surface area (Å²) in [6.07, 6.45) is 0.576. The Hall–Kier alpha value is -1.38. The first-order valence-electron chi connectivity index (χ1n) is 6.24. The number of benzene rings is 2. The minimum atomic E-state index is -0.234. The summed E-state index contributed by atoms with van der Waals surface area (Å²) in [5, 5.41) is 0.668. The van der Waals surface area contributed by atoms with E-state index in [9.17, 15) is 4.39 Å². The summed E-state index contributed by atoms with van der Waals surface area (Å²) in [5.74, 6) is -0.234. The first-order valence-corrected chi connectivity index (χ1v) is 6.62. The highest BCUT2D eigenvalue weighted by atomic mass is 35.5. The van der Waals surface area contributed by atoms with Gasteiger partial charge in [0, 0.05) is 11.1 Å². The number of aryl methyl sites for hydroxylation is 2. The molecule has 0 aromatic heterocycles. The first-order chi connectivity index (χ1) is 8.97. The average Bonchev–Trinajstić information content (AvgIpc) is 2.33. The predicted octanol–water partition coefficient (Wildman–Crippen LogP) is 4.34. The molecule has 0 saturated carbocycles. The smallest absolute Gasteiger partial charge is 0.123 e. The van der Waals surface area contributed by atoms with Crippen LogP contribution in [-0.2, 0) is 6.42 Å². The third kappa shape index (κ3) is 3.34. The Morgan fingerprint density at radius 3 is 2.58 bits per heavy atom. The zero-order valence-electron chi connectivity index (χ0n) is 11.1. The van der Waals surface area contributed by atoms with Crippen LogP contribution in [0.3, 0.4) is 0 Å². The molecule has 1 unspecified atom stereocenters. The van der Waals surface area contributed by atoms with E-state index in [0.29, 0.717) is 11.4 Å². The summed E-state index contributed by atoms with van der Waals surface area (Å²) in [5.41, 5.74) is 10.2. The van der Waals surface area contributed by atoms with Crippen LogP contribution in [-0.4, -0.2) is 0 Å². The molecular weight excluding hydrogens is 261 g/mol. The minimum Gasteiger partial charge on any atom is -0.324 e. The van der Waals surface area contributed by atoms with Crippen molar-refractivity contribution in [3.8, 4) is 0 Å². The van der Waals surface area contributed by atoms with Gasteiger partial charge in [0.1, 0.15) is 5.82 Å². The van der Waals surface area contributed by atoms with Crippen molar-refractivity contribution in [1.29, 1.82) is 0 Å². The lowest BCUT2D eigenvalue weighted by Gasteiger charge is -2.16. The largest absolute Gasteiger partial charge is 0.324 e. The van der Waals surface area contributed by atoms with Gasteiger partial charge in [-0.3, -0.25) is 0 Å². The van der Waals surface area contributed by atoms with Crippen LogP contribution < -0.4 is 5.73 Å². The second kappa shape index (κ2) is 5.72. The zero-order valence-corrected chi connectivity index (χ0v) is 11.8. The van der Waals surface area contributed by atoms with E-state index < -0.39 is 0 Å². The second-order valence-corrected chi connectivity index (χ2v) is 5.31. The highest BCUT2D eigenvalue weighted by Crippen LogP contribution is 2.26. The van der Waals surface area contributed by atoms with Gasteiger partial charge in [-0.25, -0.2) is 4.39 Å². The number of hydrogen-bond acceptors (Lipinski definition) is 1. The van der Waals surface area contributed by atoms with Crippen molar-refractivity contribution in [2.45, 2.75) is 26.3 Å². The van der Waals surface area contributed by atoms with E-state index in [-0.39, 0.29) is 11.9 Å². The molecule has 1 nitrogen and oxygen atoms in total. The molecule has 2 aromatic rings. The Balaban J connectivity index is 2.25. The van der Waals surface area contributed by atoms with Gasteiger partial charge < -0.3 is 5.73 Å². The molecule has 0 aliphatic rings. The van der Waals surface area contributed by atoms with Gasteiger partial charge in [-0.2, -0.15) is 0 Å². The summed E-state index contributed by atoms with van der Waals surface area (Å²) in [7, 11) is 0. The van der Waals surface area contributed by atoms with E-state index in [1.54, 1.807) is 6.07 Å². The predicted molar refractivity (Wildman–Crippen MR) is 78.0 cm³/mol. The van der Waals surface area contributed by atoms with Crippen LogP contribution in [0.2, 0.25) is 5.02 Å². The molecule has 2 rings (SSSR count). The molecule has 0 fully saturated rings. The molecule has 0 saturated heterocycles. The van der Waals surface area contributed by atoms with E-state index in [1.807, 2.05) is 32.0 Å². The fourth-order valence-electron chi connectivity index (χ4n) is 2.14. The first kappa shape index (κ1) is 14.0. The second-order valence-electron chi connectivity index (χ2n) is 4.91. The molecule has 2 N–H and O–H groups in total. The molecular formula is C16H17ClFN. The number of rotatable bonds is 3. The van der Waals surface area contributed by atoms with E-state index >= 15 is 0 Å². The van der Waals surface area contributed by atoms with Gasteiger partial charge in [0.05, 0.1) is 0 Å². The standard InChI is InChI=1S/C16H17ClFN/c1-10-3-6-14(15(17)7-10)16(19)9-12-8-13(18)5-4-11(12)2/h3-8,16H,9,19H2,1-2H3. The molecule has 0 radical (unpaired) electrons. The molecule has 1 atom stereocenters. The van der Waals surface area contributed by atoms with Gasteiger partial charge in [-0.05, 0) is 60.7 Å². The lowest BCUT2D eigenvalue weighted by molar-refractivity contribution is 0.621. The van der Waals surface area contributed by atoms with E-state index in [2.05, 4.69) is 0 Å². The van der Waals surface area contributed by atoms with Crippen LogP contribution in [0.1, 0.15) is 28.3 Å². The number of halogens is 2. The summed E-state index contributed by atoms with van der Waals surface area (Å²) in [6.45, 7) is 3.94. The Labute approximate surface area is 118 Å². The highest BCUT2D eigenvalue weighted by Gasteiger charge is 2.12. The molecule has 0 aliphatic heterocycles. The van der Waals surface area contributed by atoms with Crippen molar-refractivity contribution in [2.75, 3.05) is 0 Å². The lowest BCUT2D eigenvalue weighted by Crippen LogP contribution is -2.14. The number of nitrogens with two attached hydrogens (primary N) is 1. The zero-order chi connectivity index (χ0) is 14.0. The van der Waals surface area contributed by atoms with Crippen molar-refractivity contribution in [1.82, 2.24) is 0 Å².